The van der Waals surface area contributed by atoms with Crippen molar-refractivity contribution in [1.82, 2.24) is 5.32 Å². The molecule has 3 nitrogen and oxygen atoms in total. The third-order valence-electron chi connectivity index (χ3n) is 2.49. The van der Waals surface area contributed by atoms with Gasteiger partial charge in [-0.3, -0.25) is 0 Å². The summed E-state index contributed by atoms with van der Waals surface area (Å²) >= 11 is 0. The molecule has 0 aromatic rings. The first-order valence-electron chi connectivity index (χ1n) is 6.29. The average Bonchev–Trinajstić information content (AvgIpc) is 2.19. The lowest BCUT2D eigenvalue weighted by atomic mass is 9.89. The first-order chi connectivity index (χ1) is 7.49. The molecule has 1 N–H and O–H groups in total. The largest absolute Gasteiger partial charge is 0.382 e. The molecule has 0 bridgehead atoms. The number of hydrogen-bond acceptors (Lipinski definition) is 3. The summed E-state index contributed by atoms with van der Waals surface area (Å²) in [6.07, 6.45) is 2.39. The van der Waals surface area contributed by atoms with Crippen LogP contribution in [0.2, 0.25) is 0 Å². The zero-order valence-electron chi connectivity index (χ0n) is 11.6. The summed E-state index contributed by atoms with van der Waals surface area (Å²) in [5, 5.41) is 3.47. The Kier molecular flexibility index (Phi) is 8.90. The molecule has 0 aromatic heterocycles. The Balaban J connectivity index is 3.70. The van der Waals surface area contributed by atoms with Crippen molar-refractivity contribution in [2.24, 2.45) is 5.41 Å². The van der Waals surface area contributed by atoms with E-state index in [1.165, 1.54) is 12.8 Å². The van der Waals surface area contributed by atoms with E-state index in [1.54, 1.807) is 7.11 Å². The molecule has 0 radical (unpaired) electrons. The molecule has 0 spiro atoms. The van der Waals surface area contributed by atoms with Gasteiger partial charge in [0.05, 0.1) is 19.8 Å². The van der Waals surface area contributed by atoms with Crippen molar-refractivity contribution in [2.75, 3.05) is 33.5 Å². The molecule has 0 heterocycles. The van der Waals surface area contributed by atoms with Gasteiger partial charge in [-0.05, 0) is 24.8 Å². The van der Waals surface area contributed by atoms with Crippen LogP contribution in [0, 0.1) is 5.41 Å². The maximum Gasteiger partial charge on any atom is 0.0701 e. The molecule has 0 saturated carbocycles. The fraction of sp³-hybridized carbons (Fsp3) is 1.00. The molecule has 0 amide bonds. The summed E-state index contributed by atoms with van der Waals surface area (Å²) in [6.45, 7) is 12.1. The van der Waals surface area contributed by atoms with Crippen molar-refractivity contribution < 1.29 is 9.47 Å². The van der Waals surface area contributed by atoms with Crippen molar-refractivity contribution in [1.29, 1.82) is 0 Å². The molecule has 0 fully saturated rings. The molecule has 3 heteroatoms. The van der Waals surface area contributed by atoms with Gasteiger partial charge in [-0.15, -0.1) is 0 Å². The predicted molar refractivity (Wildman–Crippen MR) is 68.8 cm³/mol. The topological polar surface area (TPSA) is 30.5 Å². The van der Waals surface area contributed by atoms with Gasteiger partial charge in [-0.2, -0.15) is 0 Å². The molecule has 0 aliphatic rings. The molecule has 0 aromatic carbocycles. The lowest BCUT2D eigenvalue weighted by molar-refractivity contribution is 0.0560. The maximum atomic E-state index is 5.57. The van der Waals surface area contributed by atoms with Crippen molar-refractivity contribution in [2.45, 2.75) is 46.6 Å². The molecule has 1 atom stereocenters. The molecule has 0 saturated heterocycles. The van der Waals surface area contributed by atoms with Crippen LogP contribution in [0.4, 0.5) is 0 Å². The van der Waals surface area contributed by atoms with Crippen LogP contribution in [-0.4, -0.2) is 39.5 Å². The van der Waals surface area contributed by atoms with Crippen LogP contribution in [-0.2, 0) is 9.47 Å². The van der Waals surface area contributed by atoms with Gasteiger partial charge in [0.2, 0.25) is 0 Å². The predicted octanol–water partition coefficient (Wildman–Crippen LogP) is 2.45. The number of methoxy groups -OCH3 is 1. The molecule has 16 heavy (non-hydrogen) atoms. The van der Waals surface area contributed by atoms with Gasteiger partial charge in [0, 0.05) is 13.2 Å². The van der Waals surface area contributed by atoms with E-state index in [0.717, 1.165) is 13.2 Å². The highest BCUT2D eigenvalue weighted by atomic mass is 16.5. The van der Waals surface area contributed by atoms with Crippen molar-refractivity contribution in [3.8, 4) is 0 Å². The highest BCUT2D eigenvalue weighted by molar-refractivity contribution is 4.70. The Morgan fingerprint density at radius 2 is 1.88 bits per heavy atom. The Bertz CT molecular complexity index is 155. The number of hydrogen-bond donors (Lipinski definition) is 1. The Hall–Kier alpha value is -0.120. The van der Waals surface area contributed by atoms with E-state index in [2.05, 4.69) is 33.0 Å². The monoisotopic (exact) mass is 231 g/mol. The lowest BCUT2D eigenvalue weighted by Gasteiger charge is -2.23. The molecule has 0 aliphatic carbocycles. The summed E-state index contributed by atoms with van der Waals surface area (Å²) in [7, 11) is 1.70. The molecule has 98 valence electrons. The zero-order valence-corrected chi connectivity index (χ0v) is 11.6. The van der Waals surface area contributed by atoms with Gasteiger partial charge < -0.3 is 14.8 Å². The zero-order chi connectivity index (χ0) is 12.4. The van der Waals surface area contributed by atoms with Crippen LogP contribution < -0.4 is 5.32 Å². The van der Waals surface area contributed by atoms with Crippen molar-refractivity contribution in [3.05, 3.63) is 0 Å². The van der Waals surface area contributed by atoms with E-state index in [9.17, 15) is 0 Å². The quantitative estimate of drug-likeness (QED) is 0.618. The number of ether oxygens (including phenoxy) is 2. The van der Waals surface area contributed by atoms with Crippen LogP contribution in [0.5, 0.6) is 0 Å². The minimum atomic E-state index is 0.403. The van der Waals surface area contributed by atoms with E-state index >= 15 is 0 Å². The number of nitrogens with one attached hydrogen (secondary N) is 1. The van der Waals surface area contributed by atoms with E-state index in [1.807, 2.05) is 0 Å². The second-order valence-electron chi connectivity index (χ2n) is 5.42. The fourth-order valence-electron chi connectivity index (χ4n) is 1.51. The van der Waals surface area contributed by atoms with Crippen molar-refractivity contribution in [3.63, 3.8) is 0 Å². The molecule has 1 unspecified atom stereocenters. The summed E-state index contributed by atoms with van der Waals surface area (Å²) in [5.41, 5.74) is 0.403. The smallest absolute Gasteiger partial charge is 0.0701 e. The molecular formula is C13H29NO2. The van der Waals surface area contributed by atoms with Crippen molar-refractivity contribution >= 4 is 0 Å². The van der Waals surface area contributed by atoms with E-state index in [-0.39, 0.29) is 0 Å². The molecule has 0 rings (SSSR count). The van der Waals surface area contributed by atoms with Gasteiger partial charge in [0.15, 0.2) is 0 Å². The average molecular weight is 231 g/mol. The Labute approximate surface area is 101 Å². The minimum absolute atomic E-state index is 0.403. The second kappa shape index (κ2) is 8.97. The standard InChI is InChI=1S/C13H29NO2/c1-6-14-12(7-8-13(2,3)4)11-16-10-9-15-5/h12,14H,6-11H2,1-5H3. The van der Waals surface area contributed by atoms with Gasteiger partial charge in [0.1, 0.15) is 0 Å². The Morgan fingerprint density at radius 1 is 1.19 bits per heavy atom. The van der Waals surface area contributed by atoms with E-state index in [4.69, 9.17) is 9.47 Å². The summed E-state index contributed by atoms with van der Waals surface area (Å²) < 4.78 is 10.5. The summed E-state index contributed by atoms with van der Waals surface area (Å²) in [4.78, 5) is 0. The third kappa shape index (κ3) is 10.4. The number of rotatable bonds is 9. The van der Waals surface area contributed by atoms with Crippen LogP contribution in [0.1, 0.15) is 40.5 Å². The van der Waals surface area contributed by atoms with Gasteiger partial charge >= 0.3 is 0 Å². The number of likely N-dealkylation sites (N-methyl/N-ethyl adjacent to an activating group) is 1. The van der Waals surface area contributed by atoms with Gasteiger partial charge in [-0.25, -0.2) is 0 Å². The first-order valence-corrected chi connectivity index (χ1v) is 6.29. The van der Waals surface area contributed by atoms with Crippen LogP contribution in [0.3, 0.4) is 0 Å². The van der Waals surface area contributed by atoms with Crippen LogP contribution in [0.15, 0.2) is 0 Å². The summed E-state index contributed by atoms with van der Waals surface area (Å²) in [5.74, 6) is 0. The van der Waals surface area contributed by atoms with Crippen LogP contribution >= 0.6 is 0 Å². The summed E-state index contributed by atoms with van der Waals surface area (Å²) in [6, 6.07) is 0.473. The maximum absolute atomic E-state index is 5.57. The second-order valence-corrected chi connectivity index (χ2v) is 5.42. The normalized spacial score (nSPS) is 14.1. The van der Waals surface area contributed by atoms with Crippen LogP contribution in [0.25, 0.3) is 0 Å². The lowest BCUT2D eigenvalue weighted by Crippen LogP contribution is -2.34. The van der Waals surface area contributed by atoms with Gasteiger partial charge in [-0.1, -0.05) is 27.7 Å². The van der Waals surface area contributed by atoms with E-state index in [0.29, 0.717) is 24.7 Å². The van der Waals surface area contributed by atoms with Gasteiger partial charge in [0.25, 0.3) is 0 Å². The minimum Gasteiger partial charge on any atom is -0.382 e. The Morgan fingerprint density at radius 3 is 2.38 bits per heavy atom. The fourth-order valence-corrected chi connectivity index (χ4v) is 1.51. The molecule has 0 aliphatic heterocycles. The SMILES string of the molecule is CCNC(CCC(C)(C)C)COCCOC. The van der Waals surface area contributed by atoms with E-state index < -0.39 is 0 Å². The highest BCUT2D eigenvalue weighted by Crippen LogP contribution is 2.21. The highest BCUT2D eigenvalue weighted by Gasteiger charge is 2.14. The molecular weight excluding hydrogens is 202 g/mol. The first kappa shape index (κ1) is 15.9. The third-order valence-corrected chi connectivity index (χ3v) is 2.49.